The lowest BCUT2D eigenvalue weighted by Gasteiger charge is -1.98. The van der Waals surface area contributed by atoms with Crippen LogP contribution in [0.4, 0.5) is 5.69 Å². The molecule has 72 valence electrons. The highest BCUT2D eigenvalue weighted by atomic mass is 16.1. The van der Waals surface area contributed by atoms with Gasteiger partial charge < -0.3 is 11.1 Å². The Hall–Kier alpha value is -1.58. The molecule has 0 aliphatic carbocycles. The van der Waals surface area contributed by atoms with E-state index in [4.69, 9.17) is 5.73 Å². The maximum absolute atomic E-state index is 10.9. The minimum absolute atomic E-state index is 0.225. The first kappa shape index (κ1) is 11.4. The van der Waals surface area contributed by atoms with Crippen molar-refractivity contribution in [2.75, 3.05) is 12.8 Å². The number of aromatic nitrogens is 1. The van der Waals surface area contributed by atoms with E-state index in [2.05, 4.69) is 10.3 Å². The summed E-state index contributed by atoms with van der Waals surface area (Å²) in [5.41, 5.74) is 6.31. The van der Waals surface area contributed by atoms with Crippen LogP contribution in [0.3, 0.4) is 0 Å². The van der Waals surface area contributed by atoms with Gasteiger partial charge in [0.2, 0.25) is 0 Å². The number of carbonyl (C=O) groups is 1. The molecule has 0 aliphatic heterocycles. The van der Waals surface area contributed by atoms with Gasteiger partial charge in [-0.05, 0) is 12.1 Å². The monoisotopic (exact) mass is 181 g/mol. The first-order valence-corrected chi connectivity index (χ1v) is 4.17. The van der Waals surface area contributed by atoms with Crippen molar-refractivity contribution < 1.29 is 4.79 Å². The molecule has 3 N–H and O–H groups in total. The molecule has 0 aromatic carbocycles. The van der Waals surface area contributed by atoms with E-state index in [9.17, 15) is 4.79 Å². The number of carbonyl (C=O) groups excluding carboxylic acids is 1. The number of nitrogen functional groups attached to an aromatic ring is 1. The van der Waals surface area contributed by atoms with E-state index >= 15 is 0 Å². The Bertz CT molecular complexity index is 273. The van der Waals surface area contributed by atoms with Crippen molar-refractivity contribution in [2.24, 2.45) is 0 Å². The smallest absolute Gasteiger partial charge is 0.269 e. The van der Waals surface area contributed by atoms with Gasteiger partial charge in [-0.15, -0.1) is 0 Å². The SMILES string of the molecule is CC.CNC(=O)c1cc(N)ccn1. The molecule has 1 rings (SSSR count). The van der Waals surface area contributed by atoms with Gasteiger partial charge in [0.05, 0.1) is 0 Å². The summed E-state index contributed by atoms with van der Waals surface area (Å²) in [7, 11) is 1.55. The van der Waals surface area contributed by atoms with Gasteiger partial charge >= 0.3 is 0 Å². The quantitative estimate of drug-likeness (QED) is 0.680. The van der Waals surface area contributed by atoms with Crippen molar-refractivity contribution in [3.05, 3.63) is 24.0 Å². The van der Waals surface area contributed by atoms with Crippen LogP contribution in [0.15, 0.2) is 18.3 Å². The minimum Gasteiger partial charge on any atom is -0.399 e. The second-order valence-corrected chi connectivity index (χ2v) is 2.05. The van der Waals surface area contributed by atoms with E-state index in [0.29, 0.717) is 11.4 Å². The van der Waals surface area contributed by atoms with Gasteiger partial charge in [0.25, 0.3) is 5.91 Å². The summed E-state index contributed by atoms with van der Waals surface area (Å²) >= 11 is 0. The molecular weight excluding hydrogens is 166 g/mol. The summed E-state index contributed by atoms with van der Waals surface area (Å²) in [6, 6.07) is 3.16. The van der Waals surface area contributed by atoms with Crippen LogP contribution >= 0.6 is 0 Å². The Kier molecular flexibility index (Phi) is 5.27. The van der Waals surface area contributed by atoms with Crippen molar-refractivity contribution in [1.82, 2.24) is 10.3 Å². The Morgan fingerprint density at radius 3 is 2.62 bits per heavy atom. The highest BCUT2D eigenvalue weighted by molar-refractivity contribution is 5.92. The molecule has 0 radical (unpaired) electrons. The standard InChI is InChI=1S/C7H9N3O.C2H6/c1-9-7(11)6-4-5(8)2-3-10-6;1-2/h2-4H,1H3,(H2,8,10)(H,9,11);1-2H3. The van der Waals surface area contributed by atoms with Crippen LogP contribution in [0.1, 0.15) is 24.3 Å². The van der Waals surface area contributed by atoms with Crippen LogP contribution in [0.25, 0.3) is 0 Å². The Morgan fingerprint density at radius 1 is 1.54 bits per heavy atom. The molecule has 13 heavy (non-hydrogen) atoms. The maximum Gasteiger partial charge on any atom is 0.269 e. The molecule has 0 unspecified atom stereocenters. The summed E-state index contributed by atoms with van der Waals surface area (Å²) in [5.74, 6) is -0.225. The predicted octanol–water partition coefficient (Wildman–Crippen LogP) is 1.05. The molecular formula is C9H15N3O. The van der Waals surface area contributed by atoms with Crippen LogP contribution in [0.5, 0.6) is 0 Å². The molecule has 0 atom stereocenters. The third kappa shape index (κ3) is 3.55. The van der Waals surface area contributed by atoms with E-state index in [1.807, 2.05) is 13.8 Å². The third-order valence-corrected chi connectivity index (χ3v) is 1.24. The topological polar surface area (TPSA) is 68.0 Å². The zero-order valence-electron chi connectivity index (χ0n) is 8.16. The van der Waals surface area contributed by atoms with E-state index in [1.165, 1.54) is 12.3 Å². The highest BCUT2D eigenvalue weighted by Crippen LogP contribution is 2.01. The van der Waals surface area contributed by atoms with Crippen LogP contribution in [-0.2, 0) is 0 Å². The van der Waals surface area contributed by atoms with Gasteiger partial charge in [0.15, 0.2) is 0 Å². The molecule has 0 saturated heterocycles. The second-order valence-electron chi connectivity index (χ2n) is 2.05. The molecule has 1 aromatic heterocycles. The highest BCUT2D eigenvalue weighted by Gasteiger charge is 2.02. The van der Waals surface area contributed by atoms with Gasteiger partial charge in [0, 0.05) is 18.9 Å². The number of rotatable bonds is 1. The van der Waals surface area contributed by atoms with Gasteiger partial charge in [0.1, 0.15) is 5.69 Å². The number of nitrogens with zero attached hydrogens (tertiary/aromatic N) is 1. The number of hydrogen-bond acceptors (Lipinski definition) is 3. The summed E-state index contributed by atoms with van der Waals surface area (Å²) in [5, 5.41) is 2.45. The van der Waals surface area contributed by atoms with E-state index in [0.717, 1.165) is 0 Å². The summed E-state index contributed by atoms with van der Waals surface area (Å²) < 4.78 is 0. The summed E-state index contributed by atoms with van der Waals surface area (Å²) in [6.45, 7) is 4.00. The normalized spacial score (nSPS) is 8.23. The van der Waals surface area contributed by atoms with Gasteiger partial charge in [-0.1, -0.05) is 13.8 Å². The van der Waals surface area contributed by atoms with Crippen LogP contribution < -0.4 is 11.1 Å². The summed E-state index contributed by atoms with van der Waals surface area (Å²) in [6.07, 6.45) is 1.50. The van der Waals surface area contributed by atoms with Crippen molar-refractivity contribution >= 4 is 11.6 Å². The van der Waals surface area contributed by atoms with Crippen molar-refractivity contribution in [3.8, 4) is 0 Å². The minimum atomic E-state index is -0.225. The van der Waals surface area contributed by atoms with Gasteiger partial charge in [-0.3, -0.25) is 9.78 Å². The predicted molar refractivity (Wildman–Crippen MR) is 53.4 cm³/mol. The fraction of sp³-hybridized carbons (Fsp3) is 0.333. The van der Waals surface area contributed by atoms with E-state index < -0.39 is 0 Å². The molecule has 0 saturated carbocycles. The third-order valence-electron chi connectivity index (χ3n) is 1.24. The van der Waals surface area contributed by atoms with Gasteiger partial charge in [-0.25, -0.2) is 0 Å². The molecule has 0 aliphatic rings. The van der Waals surface area contributed by atoms with Crippen molar-refractivity contribution in [2.45, 2.75) is 13.8 Å². The largest absolute Gasteiger partial charge is 0.399 e. The molecule has 1 heterocycles. The van der Waals surface area contributed by atoms with Gasteiger partial charge in [-0.2, -0.15) is 0 Å². The zero-order valence-corrected chi connectivity index (χ0v) is 8.16. The molecule has 4 heteroatoms. The second kappa shape index (κ2) is 5.99. The van der Waals surface area contributed by atoms with Crippen molar-refractivity contribution in [1.29, 1.82) is 0 Å². The number of nitrogens with two attached hydrogens (primary N) is 1. The molecule has 0 spiro atoms. The molecule has 1 aromatic rings. The Labute approximate surface area is 78.2 Å². The van der Waals surface area contributed by atoms with E-state index in [-0.39, 0.29) is 5.91 Å². The van der Waals surface area contributed by atoms with E-state index in [1.54, 1.807) is 13.1 Å². The lowest BCUT2D eigenvalue weighted by Crippen LogP contribution is -2.19. The summed E-state index contributed by atoms with van der Waals surface area (Å²) in [4.78, 5) is 14.8. The zero-order chi connectivity index (χ0) is 10.3. The fourth-order valence-electron chi connectivity index (χ4n) is 0.699. The number of amides is 1. The Balaban J connectivity index is 0.000000671. The number of hydrogen-bond donors (Lipinski definition) is 2. The molecule has 0 fully saturated rings. The average molecular weight is 181 g/mol. The maximum atomic E-state index is 10.9. The van der Waals surface area contributed by atoms with Crippen LogP contribution in [0, 0.1) is 0 Å². The van der Waals surface area contributed by atoms with Crippen LogP contribution in [0.2, 0.25) is 0 Å². The lowest BCUT2D eigenvalue weighted by molar-refractivity contribution is 0.0958. The fourth-order valence-corrected chi connectivity index (χ4v) is 0.699. The molecule has 4 nitrogen and oxygen atoms in total. The number of pyridine rings is 1. The lowest BCUT2D eigenvalue weighted by atomic mass is 10.3. The first-order valence-electron chi connectivity index (χ1n) is 4.17. The Morgan fingerprint density at radius 2 is 2.15 bits per heavy atom. The number of nitrogens with one attached hydrogen (secondary N) is 1. The van der Waals surface area contributed by atoms with Crippen molar-refractivity contribution in [3.63, 3.8) is 0 Å². The van der Waals surface area contributed by atoms with Crippen LogP contribution in [-0.4, -0.2) is 17.9 Å². The average Bonchev–Trinajstić information content (AvgIpc) is 2.20. The molecule has 0 bridgehead atoms. The number of anilines is 1. The molecule has 1 amide bonds. The first-order chi connectivity index (χ1) is 6.24.